The minimum absolute atomic E-state index is 0.221. The van der Waals surface area contributed by atoms with E-state index in [4.69, 9.17) is 9.47 Å². The van der Waals surface area contributed by atoms with Crippen LogP contribution in [0.1, 0.15) is 23.2 Å². The van der Waals surface area contributed by atoms with E-state index < -0.39 is 0 Å². The van der Waals surface area contributed by atoms with Gasteiger partial charge in [-0.1, -0.05) is 6.07 Å². The SMILES string of the molecule is COc1cccc(C(=O)Nc2ccc(NCC3CCCO3)cn2)c1. The van der Waals surface area contributed by atoms with E-state index in [-0.39, 0.29) is 12.0 Å². The van der Waals surface area contributed by atoms with Crippen molar-refractivity contribution in [1.29, 1.82) is 0 Å². The highest BCUT2D eigenvalue weighted by Crippen LogP contribution is 2.16. The number of methoxy groups -OCH3 is 1. The summed E-state index contributed by atoms with van der Waals surface area (Å²) in [6, 6.07) is 10.7. The number of ether oxygens (including phenoxy) is 2. The van der Waals surface area contributed by atoms with Crippen molar-refractivity contribution in [1.82, 2.24) is 4.98 Å². The highest BCUT2D eigenvalue weighted by atomic mass is 16.5. The Morgan fingerprint density at radius 3 is 3.00 bits per heavy atom. The average Bonchev–Trinajstić information content (AvgIpc) is 3.15. The molecule has 1 saturated heterocycles. The topological polar surface area (TPSA) is 72.5 Å². The van der Waals surface area contributed by atoms with Gasteiger partial charge in [-0.05, 0) is 43.2 Å². The Morgan fingerprint density at radius 2 is 2.29 bits per heavy atom. The quantitative estimate of drug-likeness (QED) is 0.853. The zero-order valence-electron chi connectivity index (χ0n) is 13.6. The number of hydrogen-bond donors (Lipinski definition) is 2. The first-order valence-corrected chi connectivity index (χ1v) is 8.01. The summed E-state index contributed by atoms with van der Waals surface area (Å²) in [7, 11) is 1.57. The minimum atomic E-state index is -0.221. The summed E-state index contributed by atoms with van der Waals surface area (Å²) in [4.78, 5) is 16.5. The van der Waals surface area contributed by atoms with Crippen molar-refractivity contribution in [2.24, 2.45) is 0 Å². The summed E-state index contributed by atoms with van der Waals surface area (Å²) in [6.07, 6.45) is 4.20. The molecule has 0 aliphatic carbocycles. The first-order valence-electron chi connectivity index (χ1n) is 8.01. The normalized spacial score (nSPS) is 16.6. The molecule has 2 aromatic rings. The van der Waals surface area contributed by atoms with E-state index in [1.54, 1.807) is 43.6 Å². The first kappa shape index (κ1) is 16.3. The zero-order valence-corrected chi connectivity index (χ0v) is 13.6. The van der Waals surface area contributed by atoms with Crippen LogP contribution in [-0.2, 0) is 4.74 Å². The van der Waals surface area contributed by atoms with E-state index in [2.05, 4.69) is 15.6 Å². The highest BCUT2D eigenvalue weighted by Gasteiger charge is 2.14. The Hall–Kier alpha value is -2.60. The molecule has 24 heavy (non-hydrogen) atoms. The lowest BCUT2D eigenvalue weighted by molar-refractivity contribution is 0.102. The fraction of sp³-hybridized carbons (Fsp3) is 0.333. The van der Waals surface area contributed by atoms with Gasteiger partial charge in [0.2, 0.25) is 0 Å². The molecule has 3 rings (SSSR count). The number of hydrogen-bond acceptors (Lipinski definition) is 5. The predicted octanol–water partition coefficient (Wildman–Crippen LogP) is 2.93. The van der Waals surface area contributed by atoms with Gasteiger partial charge in [0.1, 0.15) is 11.6 Å². The first-order chi connectivity index (χ1) is 11.7. The molecule has 0 bridgehead atoms. The third-order valence-corrected chi connectivity index (χ3v) is 3.89. The smallest absolute Gasteiger partial charge is 0.256 e. The Morgan fingerprint density at radius 1 is 1.38 bits per heavy atom. The molecule has 1 aromatic heterocycles. The average molecular weight is 327 g/mol. The second-order valence-corrected chi connectivity index (χ2v) is 5.63. The molecule has 0 radical (unpaired) electrons. The van der Waals surface area contributed by atoms with Crippen LogP contribution >= 0.6 is 0 Å². The van der Waals surface area contributed by atoms with Crippen LogP contribution in [0.5, 0.6) is 5.75 Å². The van der Waals surface area contributed by atoms with Crippen molar-refractivity contribution in [2.45, 2.75) is 18.9 Å². The molecule has 6 heteroatoms. The fourth-order valence-electron chi connectivity index (χ4n) is 2.56. The number of nitrogens with zero attached hydrogens (tertiary/aromatic N) is 1. The summed E-state index contributed by atoms with van der Waals surface area (Å²) >= 11 is 0. The summed E-state index contributed by atoms with van der Waals surface area (Å²) in [5.41, 5.74) is 1.43. The van der Waals surface area contributed by atoms with Crippen molar-refractivity contribution in [2.75, 3.05) is 30.9 Å². The molecule has 1 unspecified atom stereocenters. The van der Waals surface area contributed by atoms with Gasteiger partial charge in [0.25, 0.3) is 5.91 Å². The minimum Gasteiger partial charge on any atom is -0.497 e. The molecule has 2 N–H and O–H groups in total. The van der Waals surface area contributed by atoms with Gasteiger partial charge in [0.05, 0.1) is 25.1 Å². The molecule has 1 aliphatic rings. The number of carbonyl (C=O) groups is 1. The van der Waals surface area contributed by atoms with E-state index >= 15 is 0 Å². The van der Waals surface area contributed by atoms with Crippen molar-refractivity contribution in [3.63, 3.8) is 0 Å². The predicted molar refractivity (Wildman–Crippen MR) is 92.6 cm³/mol. The van der Waals surface area contributed by atoms with Gasteiger partial charge >= 0.3 is 0 Å². The van der Waals surface area contributed by atoms with Crippen LogP contribution < -0.4 is 15.4 Å². The van der Waals surface area contributed by atoms with Crippen molar-refractivity contribution >= 4 is 17.4 Å². The van der Waals surface area contributed by atoms with E-state index in [1.165, 1.54) is 0 Å². The van der Waals surface area contributed by atoms with Gasteiger partial charge in [-0.15, -0.1) is 0 Å². The monoisotopic (exact) mass is 327 g/mol. The van der Waals surface area contributed by atoms with Gasteiger partial charge < -0.3 is 20.1 Å². The number of anilines is 2. The lowest BCUT2D eigenvalue weighted by Gasteiger charge is -2.12. The number of carbonyl (C=O) groups excluding carboxylic acids is 1. The molecular weight excluding hydrogens is 306 g/mol. The number of benzene rings is 1. The van der Waals surface area contributed by atoms with Gasteiger partial charge in [0, 0.05) is 18.7 Å². The van der Waals surface area contributed by atoms with E-state index in [9.17, 15) is 4.79 Å². The lowest BCUT2D eigenvalue weighted by Crippen LogP contribution is -2.18. The summed E-state index contributed by atoms with van der Waals surface area (Å²) in [5, 5.41) is 6.07. The largest absolute Gasteiger partial charge is 0.497 e. The second kappa shape index (κ2) is 7.79. The fourth-order valence-corrected chi connectivity index (χ4v) is 2.56. The molecule has 6 nitrogen and oxygen atoms in total. The van der Waals surface area contributed by atoms with E-state index in [0.29, 0.717) is 17.1 Å². The molecule has 0 saturated carbocycles. The Balaban J connectivity index is 1.55. The number of nitrogens with one attached hydrogen (secondary N) is 2. The van der Waals surface area contributed by atoms with Crippen LogP contribution in [0.4, 0.5) is 11.5 Å². The van der Waals surface area contributed by atoms with Crippen LogP contribution in [-0.4, -0.2) is 37.3 Å². The highest BCUT2D eigenvalue weighted by molar-refractivity contribution is 6.04. The number of aromatic nitrogens is 1. The zero-order chi connectivity index (χ0) is 16.8. The van der Waals surface area contributed by atoms with E-state index in [1.807, 2.05) is 6.07 Å². The van der Waals surface area contributed by atoms with Gasteiger partial charge in [-0.25, -0.2) is 4.98 Å². The van der Waals surface area contributed by atoms with Gasteiger partial charge in [-0.3, -0.25) is 4.79 Å². The molecule has 2 heterocycles. The van der Waals surface area contributed by atoms with Crippen LogP contribution in [0.15, 0.2) is 42.6 Å². The molecule has 1 aliphatic heterocycles. The van der Waals surface area contributed by atoms with E-state index in [0.717, 1.165) is 31.7 Å². The van der Waals surface area contributed by atoms with Crippen LogP contribution in [0.3, 0.4) is 0 Å². The number of pyridine rings is 1. The number of amides is 1. The maximum absolute atomic E-state index is 12.2. The molecule has 0 spiro atoms. The standard InChI is InChI=1S/C18H21N3O3/c1-23-15-5-2-4-13(10-15)18(22)21-17-8-7-14(11-20-17)19-12-16-6-3-9-24-16/h2,4-5,7-8,10-11,16,19H,3,6,9,12H2,1H3,(H,20,21,22). The van der Waals surface area contributed by atoms with Crippen molar-refractivity contribution in [3.05, 3.63) is 48.2 Å². The molecule has 1 atom stereocenters. The summed E-state index contributed by atoms with van der Waals surface area (Å²) in [5.74, 6) is 0.927. The molecule has 1 aromatic carbocycles. The third-order valence-electron chi connectivity index (χ3n) is 3.89. The number of rotatable bonds is 6. The van der Waals surface area contributed by atoms with Crippen molar-refractivity contribution < 1.29 is 14.3 Å². The third kappa shape index (κ3) is 4.23. The van der Waals surface area contributed by atoms with Gasteiger partial charge in [-0.2, -0.15) is 0 Å². The molecular formula is C18H21N3O3. The molecule has 126 valence electrons. The van der Waals surface area contributed by atoms with Crippen LogP contribution in [0, 0.1) is 0 Å². The summed E-state index contributed by atoms with van der Waals surface area (Å²) < 4.78 is 10.7. The maximum Gasteiger partial charge on any atom is 0.256 e. The Kier molecular flexibility index (Phi) is 5.28. The Bertz CT molecular complexity index is 682. The summed E-state index contributed by atoms with van der Waals surface area (Å²) in [6.45, 7) is 1.62. The van der Waals surface area contributed by atoms with Crippen LogP contribution in [0.2, 0.25) is 0 Å². The second-order valence-electron chi connectivity index (χ2n) is 5.63. The lowest BCUT2D eigenvalue weighted by atomic mass is 10.2. The van der Waals surface area contributed by atoms with Crippen molar-refractivity contribution in [3.8, 4) is 5.75 Å². The molecule has 1 fully saturated rings. The molecule has 1 amide bonds. The van der Waals surface area contributed by atoms with Gasteiger partial charge in [0.15, 0.2) is 0 Å². The Labute approximate surface area is 141 Å². The van der Waals surface area contributed by atoms with Crippen LogP contribution in [0.25, 0.3) is 0 Å². The maximum atomic E-state index is 12.2.